The average Bonchev–Trinajstić information content (AvgIpc) is 2.52. The van der Waals surface area contributed by atoms with Crippen molar-refractivity contribution in [2.45, 2.75) is 43.9 Å². The van der Waals surface area contributed by atoms with E-state index in [2.05, 4.69) is 12.1 Å². The fraction of sp³-hybridized carbons (Fsp3) is 0.529. The number of carbonyl (C=O) groups excluding carboxylic acids is 1. The molecule has 5 heteroatoms. The molecule has 1 aliphatic rings. The van der Waals surface area contributed by atoms with Crippen molar-refractivity contribution in [3.63, 3.8) is 0 Å². The van der Waals surface area contributed by atoms with Crippen molar-refractivity contribution in [3.8, 4) is 0 Å². The fourth-order valence-corrected chi connectivity index (χ4v) is 3.70. The highest BCUT2D eigenvalue weighted by atomic mass is 32.2. The number of nitrogens with zero attached hydrogens (tertiary/aromatic N) is 1. The van der Waals surface area contributed by atoms with Gasteiger partial charge in [0.1, 0.15) is 0 Å². The lowest BCUT2D eigenvalue weighted by Gasteiger charge is -2.35. The maximum atomic E-state index is 12.3. The van der Waals surface area contributed by atoms with Crippen LogP contribution in [0.15, 0.2) is 30.3 Å². The summed E-state index contributed by atoms with van der Waals surface area (Å²) in [7, 11) is 0. The maximum Gasteiger partial charge on any atom is 0.305 e. The molecule has 22 heavy (non-hydrogen) atoms. The van der Waals surface area contributed by atoms with Crippen LogP contribution >= 0.6 is 11.8 Å². The van der Waals surface area contributed by atoms with E-state index in [1.807, 2.05) is 18.2 Å². The van der Waals surface area contributed by atoms with E-state index in [1.54, 1.807) is 16.7 Å². The standard InChI is InChI=1S/C17H23NO3S/c19-16(9-11-22-13-14-6-2-1-3-7-14)18-10-5-4-8-15(18)12-17(20)21/h1-3,6-7,15H,4-5,8-13H2,(H,20,21)/t15-/m0/s1. The second-order valence-electron chi connectivity index (χ2n) is 5.62. The van der Waals surface area contributed by atoms with Crippen molar-refractivity contribution >= 4 is 23.6 Å². The molecule has 0 aromatic heterocycles. The Morgan fingerprint density at radius 3 is 2.73 bits per heavy atom. The van der Waals surface area contributed by atoms with E-state index in [9.17, 15) is 9.59 Å². The van der Waals surface area contributed by atoms with E-state index in [4.69, 9.17) is 5.11 Å². The molecule has 1 aromatic rings. The molecule has 1 atom stereocenters. The summed E-state index contributed by atoms with van der Waals surface area (Å²) in [4.78, 5) is 25.0. The molecule has 0 unspecified atom stereocenters. The van der Waals surface area contributed by atoms with Crippen molar-refractivity contribution < 1.29 is 14.7 Å². The Hall–Kier alpha value is -1.49. The molecule has 4 nitrogen and oxygen atoms in total. The van der Waals surface area contributed by atoms with Crippen LogP contribution in [-0.4, -0.2) is 40.2 Å². The first kappa shape index (κ1) is 16.9. The zero-order valence-electron chi connectivity index (χ0n) is 12.7. The second-order valence-corrected chi connectivity index (χ2v) is 6.73. The molecule has 1 saturated heterocycles. The molecular weight excluding hydrogens is 298 g/mol. The molecule has 0 bridgehead atoms. The van der Waals surface area contributed by atoms with Gasteiger partial charge in [0.25, 0.3) is 0 Å². The predicted octanol–water partition coefficient (Wildman–Crippen LogP) is 3.17. The molecule has 0 aliphatic carbocycles. The number of rotatable bonds is 7. The Labute approximate surface area is 135 Å². The van der Waals surface area contributed by atoms with E-state index in [0.29, 0.717) is 13.0 Å². The van der Waals surface area contributed by atoms with Crippen LogP contribution in [0.5, 0.6) is 0 Å². The monoisotopic (exact) mass is 321 g/mol. The Kier molecular flexibility index (Phi) is 6.77. The highest BCUT2D eigenvalue weighted by Crippen LogP contribution is 2.21. The third kappa shape index (κ3) is 5.37. The SMILES string of the molecule is O=C(O)C[C@@H]1CCCCN1C(=O)CCSCc1ccccc1. The van der Waals surface area contributed by atoms with Crippen LogP contribution in [0.2, 0.25) is 0 Å². The van der Waals surface area contributed by atoms with Crippen LogP contribution in [0.1, 0.15) is 37.7 Å². The molecule has 1 amide bonds. The van der Waals surface area contributed by atoms with Crippen molar-refractivity contribution in [2.75, 3.05) is 12.3 Å². The fourth-order valence-electron chi connectivity index (χ4n) is 2.81. The molecule has 1 aliphatic heterocycles. The number of carboxylic acids is 1. The van der Waals surface area contributed by atoms with E-state index in [1.165, 1.54) is 5.56 Å². The second kappa shape index (κ2) is 8.83. The summed E-state index contributed by atoms with van der Waals surface area (Å²) in [6, 6.07) is 10.1. The third-order valence-corrected chi connectivity index (χ3v) is 4.96. The first-order valence-electron chi connectivity index (χ1n) is 7.80. The number of carboxylic acid groups (broad SMARTS) is 1. The average molecular weight is 321 g/mol. The molecule has 0 radical (unpaired) electrons. The van der Waals surface area contributed by atoms with E-state index >= 15 is 0 Å². The van der Waals surface area contributed by atoms with Crippen LogP contribution in [0, 0.1) is 0 Å². The lowest BCUT2D eigenvalue weighted by molar-refractivity contribution is -0.141. The molecule has 0 saturated carbocycles. The lowest BCUT2D eigenvalue weighted by atomic mass is 9.99. The maximum absolute atomic E-state index is 12.3. The Morgan fingerprint density at radius 2 is 2.00 bits per heavy atom. The van der Waals surface area contributed by atoms with Gasteiger partial charge in [-0.15, -0.1) is 0 Å². The van der Waals surface area contributed by atoms with Crippen LogP contribution in [0.4, 0.5) is 0 Å². The highest BCUT2D eigenvalue weighted by molar-refractivity contribution is 7.98. The summed E-state index contributed by atoms with van der Waals surface area (Å²) in [6.07, 6.45) is 3.38. The normalized spacial score (nSPS) is 18.2. The molecule has 1 heterocycles. The number of amides is 1. The van der Waals surface area contributed by atoms with Gasteiger partial charge in [0.15, 0.2) is 0 Å². The first-order valence-corrected chi connectivity index (χ1v) is 8.95. The summed E-state index contributed by atoms with van der Waals surface area (Å²) >= 11 is 1.75. The third-order valence-electron chi connectivity index (χ3n) is 3.93. The van der Waals surface area contributed by atoms with E-state index in [0.717, 1.165) is 30.8 Å². The Morgan fingerprint density at radius 1 is 1.23 bits per heavy atom. The number of carbonyl (C=O) groups is 2. The zero-order valence-corrected chi connectivity index (χ0v) is 13.6. The summed E-state index contributed by atoms with van der Waals surface area (Å²) in [5.41, 5.74) is 1.27. The summed E-state index contributed by atoms with van der Waals surface area (Å²) in [5, 5.41) is 8.96. The van der Waals surface area contributed by atoms with E-state index < -0.39 is 5.97 Å². The molecule has 2 rings (SSSR count). The Balaban J connectivity index is 1.74. The smallest absolute Gasteiger partial charge is 0.305 e. The number of benzene rings is 1. The van der Waals surface area contributed by atoms with Crippen molar-refractivity contribution in [3.05, 3.63) is 35.9 Å². The van der Waals surface area contributed by atoms with Crippen LogP contribution in [0.25, 0.3) is 0 Å². The minimum absolute atomic E-state index is 0.0723. The molecule has 120 valence electrons. The van der Waals surface area contributed by atoms with Crippen LogP contribution in [0.3, 0.4) is 0 Å². The van der Waals surface area contributed by atoms with Crippen LogP contribution < -0.4 is 0 Å². The Bertz CT molecular complexity index is 492. The first-order chi connectivity index (χ1) is 10.7. The highest BCUT2D eigenvalue weighted by Gasteiger charge is 2.27. The lowest BCUT2D eigenvalue weighted by Crippen LogP contribution is -2.44. The number of hydrogen-bond acceptors (Lipinski definition) is 3. The van der Waals surface area contributed by atoms with Gasteiger partial charge in [-0.05, 0) is 24.8 Å². The molecule has 0 spiro atoms. The number of piperidine rings is 1. The molecule has 1 aromatic carbocycles. The van der Waals surface area contributed by atoms with Gasteiger partial charge in [0.05, 0.1) is 6.42 Å². The predicted molar refractivity (Wildman–Crippen MR) is 88.8 cm³/mol. The van der Waals surface area contributed by atoms with Gasteiger partial charge in [0, 0.05) is 30.5 Å². The molecular formula is C17H23NO3S. The van der Waals surface area contributed by atoms with Gasteiger partial charge in [-0.25, -0.2) is 0 Å². The van der Waals surface area contributed by atoms with Gasteiger partial charge >= 0.3 is 5.97 Å². The number of likely N-dealkylation sites (tertiary alicyclic amines) is 1. The number of hydrogen-bond donors (Lipinski definition) is 1. The minimum atomic E-state index is -0.817. The van der Waals surface area contributed by atoms with Gasteiger partial charge < -0.3 is 10.0 Å². The summed E-state index contributed by atoms with van der Waals surface area (Å²) in [6.45, 7) is 0.708. The molecule has 1 N–H and O–H groups in total. The zero-order chi connectivity index (χ0) is 15.8. The summed E-state index contributed by atoms with van der Waals surface area (Å²) < 4.78 is 0. The van der Waals surface area contributed by atoms with Gasteiger partial charge in [-0.2, -0.15) is 11.8 Å². The van der Waals surface area contributed by atoms with Crippen molar-refractivity contribution in [1.82, 2.24) is 4.90 Å². The topological polar surface area (TPSA) is 57.6 Å². The largest absolute Gasteiger partial charge is 0.481 e. The van der Waals surface area contributed by atoms with Gasteiger partial charge in [-0.1, -0.05) is 30.3 Å². The van der Waals surface area contributed by atoms with E-state index in [-0.39, 0.29) is 18.4 Å². The van der Waals surface area contributed by atoms with Gasteiger partial charge in [0.2, 0.25) is 5.91 Å². The van der Waals surface area contributed by atoms with Crippen molar-refractivity contribution in [1.29, 1.82) is 0 Å². The quantitative estimate of drug-likeness (QED) is 0.784. The van der Waals surface area contributed by atoms with Crippen LogP contribution in [-0.2, 0) is 15.3 Å². The van der Waals surface area contributed by atoms with Gasteiger partial charge in [-0.3, -0.25) is 9.59 Å². The number of thioether (sulfide) groups is 1. The number of aliphatic carboxylic acids is 1. The summed E-state index contributed by atoms with van der Waals surface area (Å²) in [5.74, 6) is 0.978. The minimum Gasteiger partial charge on any atom is -0.481 e. The van der Waals surface area contributed by atoms with Crippen molar-refractivity contribution in [2.24, 2.45) is 0 Å². The molecule has 1 fully saturated rings.